The normalized spacial score (nSPS) is 10.2. The largest absolute Gasteiger partial charge is 0.375 e. The highest BCUT2D eigenvalue weighted by molar-refractivity contribution is 9.10. The van der Waals surface area contributed by atoms with Gasteiger partial charge in [-0.1, -0.05) is 12.1 Å². The van der Waals surface area contributed by atoms with Crippen LogP contribution in [0.1, 0.15) is 5.56 Å². The van der Waals surface area contributed by atoms with E-state index in [2.05, 4.69) is 26.6 Å². The predicted octanol–water partition coefficient (Wildman–Crippen LogP) is 3.95. The van der Waals surface area contributed by atoms with Gasteiger partial charge in [0.1, 0.15) is 5.82 Å². The van der Waals surface area contributed by atoms with Crippen molar-refractivity contribution in [2.75, 3.05) is 17.2 Å². The Morgan fingerprint density at radius 1 is 1.20 bits per heavy atom. The van der Waals surface area contributed by atoms with Crippen LogP contribution in [0.4, 0.5) is 15.8 Å². The van der Waals surface area contributed by atoms with Crippen molar-refractivity contribution in [1.82, 2.24) is 0 Å². The number of carbonyl (C=O) groups is 1. The lowest BCUT2D eigenvalue weighted by Crippen LogP contribution is -2.21. The van der Waals surface area contributed by atoms with Gasteiger partial charge in [0, 0.05) is 15.8 Å². The second kappa shape index (κ2) is 6.52. The third kappa shape index (κ3) is 3.81. The second-order valence-corrected chi connectivity index (χ2v) is 5.14. The summed E-state index contributed by atoms with van der Waals surface area (Å²) in [6.07, 6.45) is 0. The predicted molar refractivity (Wildman–Crippen MR) is 82.4 cm³/mol. The van der Waals surface area contributed by atoms with E-state index in [1.807, 2.05) is 25.1 Å². The molecule has 104 valence electrons. The topological polar surface area (TPSA) is 41.1 Å². The molecule has 0 radical (unpaired) electrons. The van der Waals surface area contributed by atoms with Crippen molar-refractivity contribution in [1.29, 1.82) is 0 Å². The lowest BCUT2D eigenvalue weighted by Gasteiger charge is -2.10. The Kier molecular flexibility index (Phi) is 4.74. The Bertz CT molecular complexity index is 614. The highest BCUT2D eigenvalue weighted by atomic mass is 79.9. The zero-order valence-corrected chi connectivity index (χ0v) is 12.5. The van der Waals surface area contributed by atoms with Gasteiger partial charge in [-0.05, 0) is 58.7 Å². The van der Waals surface area contributed by atoms with Crippen LogP contribution in [0.25, 0.3) is 0 Å². The molecule has 2 rings (SSSR count). The minimum Gasteiger partial charge on any atom is -0.375 e. The maximum atomic E-state index is 12.7. The summed E-state index contributed by atoms with van der Waals surface area (Å²) >= 11 is 3.47. The Labute approximate surface area is 125 Å². The van der Waals surface area contributed by atoms with Gasteiger partial charge in [0.05, 0.1) is 6.54 Å². The SMILES string of the molecule is Cc1cccc(NCC(=O)Nc2ccc(F)cc2)c1Br. The Morgan fingerprint density at radius 3 is 2.60 bits per heavy atom. The lowest BCUT2D eigenvalue weighted by atomic mass is 10.2. The van der Waals surface area contributed by atoms with Crippen molar-refractivity contribution in [3.8, 4) is 0 Å². The number of carbonyl (C=O) groups excluding carboxylic acids is 1. The molecule has 0 bridgehead atoms. The Morgan fingerprint density at radius 2 is 1.90 bits per heavy atom. The number of amides is 1. The van der Waals surface area contributed by atoms with E-state index in [9.17, 15) is 9.18 Å². The minimum atomic E-state index is -0.329. The third-order valence-electron chi connectivity index (χ3n) is 2.76. The number of benzene rings is 2. The number of hydrogen-bond donors (Lipinski definition) is 2. The number of hydrogen-bond acceptors (Lipinski definition) is 2. The second-order valence-electron chi connectivity index (χ2n) is 4.35. The monoisotopic (exact) mass is 336 g/mol. The number of halogens is 2. The molecule has 0 saturated carbocycles. The first-order valence-corrected chi connectivity index (χ1v) is 6.90. The van der Waals surface area contributed by atoms with Crippen LogP contribution in [0.3, 0.4) is 0 Å². The molecule has 0 unspecified atom stereocenters. The van der Waals surface area contributed by atoms with Gasteiger partial charge in [-0.3, -0.25) is 4.79 Å². The third-order valence-corrected chi connectivity index (χ3v) is 3.81. The zero-order valence-electron chi connectivity index (χ0n) is 10.9. The zero-order chi connectivity index (χ0) is 14.5. The van der Waals surface area contributed by atoms with E-state index in [4.69, 9.17) is 0 Å². The van der Waals surface area contributed by atoms with Crippen LogP contribution >= 0.6 is 15.9 Å². The van der Waals surface area contributed by atoms with E-state index < -0.39 is 0 Å². The van der Waals surface area contributed by atoms with Gasteiger partial charge in [-0.25, -0.2) is 4.39 Å². The van der Waals surface area contributed by atoms with Crippen LogP contribution < -0.4 is 10.6 Å². The summed E-state index contributed by atoms with van der Waals surface area (Å²) in [4.78, 5) is 11.8. The standard InChI is InChI=1S/C15H14BrFN2O/c1-10-3-2-4-13(15(10)16)18-9-14(20)19-12-7-5-11(17)6-8-12/h2-8,18H,9H2,1H3,(H,19,20). The van der Waals surface area contributed by atoms with Crippen LogP contribution in [-0.2, 0) is 4.79 Å². The molecule has 0 atom stereocenters. The van der Waals surface area contributed by atoms with Gasteiger partial charge in [0.15, 0.2) is 0 Å². The van der Waals surface area contributed by atoms with E-state index in [1.54, 1.807) is 0 Å². The molecule has 2 aromatic rings. The van der Waals surface area contributed by atoms with Gasteiger partial charge in [-0.15, -0.1) is 0 Å². The van der Waals surface area contributed by atoms with Gasteiger partial charge in [0.2, 0.25) is 5.91 Å². The van der Waals surface area contributed by atoms with Crippen molar-refractivity contribution in [3.63, 3.8) is 0 Å². The fraction of sp³-hybridized carbons (Fsp3) is 0.133. The van der Waals surface area contributed by atoms with Gasteiger partial charge in [-0.2, -0.15) is 0 Å². The highest BCUT2D eigenvalue weighted by Gasteiger charge is 2.05. The molecule has 0 aromatic heterocycles. The van der Waals surface area contributed by atoms with Crippen molar-refractivity contribution < 1.29 is 9.18 Å². The van der Waals surface area contributed by atoms with Crippen LogP contribution in [0.2, 0.25) is 0 Å². The fourth-order valence-electron chi connectivity index (χ4n) is 1.70. The summed E-state index contributed by atoms with van der Waals surface area (Å²) in [5.74, 6) is -0.519. The van der Waals surface area contributed by atoms with Crippen LogP contribution in [-0.4, -0.2) is 12.5 Å². The van der Waals surface area contributed by atoms with E-state index in [-0.39, 0.29) is 18.3 Å². The molecule has 0 spiro atoms. The van der Waals surface area contributed by atoms with E-state index in [0.29, 0.717) is 5.69 Å². The minimum absolute atomic E-state index is 0.138. The molecule has 0 aliphatic carbocycles. The molecule has 0 saturated heterocycles. The van der Waals surface area contributed by atoms with Crippen molar-refractivity contribution in [2.24, 2.45) is 0 Å². The fourth-order valence-corrected chi connectivity index (χ4v) is 2.10. The molecule has 20 heavy (non-hydrogen) atoms. The maximum Gasteiger partial charge on any atom is 0.243 e. The first-order chi connectivity index (χ1) is 9.56. The van der Waals surface area contributed by atoms with Crippen molar-refractivity contribution >= 4 is 33.2 Å². The average molecular weight is 337 g/mol. The number of nitrogens with one attached hydrogen (secondary N) is 2. The quantitative estimate of drug-likeness (QED) is 0.887. The molecular formula is C15H14BrFN2O. The first-order valence-electron chi connectivity index (χ1n) is 6.10. The molecule has 0 fully saturated rings. The number of rotatable bonds is 4. The Balaban J connectivity index is 1.92. The summed E-state index contributed by atoms with van der Waals surface area (Å²) in [6.45, 7) is 2.12. The van der Waals surface area contributed by atoms with E-state index in [0.717, 1.165) is 15.7 Å². The summed E-state index contributed by atoms with van der Waals surface area (Å²) in [5.41, 5.74) is 2.52. The smallest absolute Gasteiger partial charge is 0.243 e. The van der Waals surface area contributed by atoms with E-state index >= 15 is 0 Å². The molecule has 2 N–H and O–H groups in total. The summed E-state index contributed by atoms with van der Waals surface area (Å²) in [7, 11) is 0. The molecule has 2 aromatic carbocycles. The lowest BCUT2D eigenvalue weighted by molar-refractivity contribution is -0.114. The molecule has 3 nitrogen and oxygen atoms in total. The van der Waals surface area contributed by atoms with Crippen LogP contribution in [0.15, 0.2) is 46.9 Å². The van der Waals surface area contributed by atoms with Gasteiger partial charge in [0.25, 0.3) is 0 Å². The summed E-state index contributed by atoms with van der Waals surface area (Å²) < 4.78 is 13.7. The molecule has 0 aliphatic rings. The van der Waals surface area contributed by atoms with Gasteiger partial charge >= 0.3 is 0 Å². The molecular weight excluding hydrogens is 323 g/mol. The maximum absolute atomic E-state index is 12.7. The van der Waals surface area contributed by atoms with Crippen molar-refractivity contribution in [2.45, 2.75) is 6.92 Å². The van der Waals surface area contributed by atoms with Crippen LogP contribution in [0, 0.1) is 12.7 Å². The highest BCUT2D eigenvalue weighted by Crippen LogP contribution is 2.25. The molecule has 0 aliphatic heterocycles. The molecule has 0 heterocycles. The first kappa shape index (κ1) is 14.5. The van der Waals surface area contributed by atoms with Gasteiger partial charge < -0.3 is 10.6 Å². The average Bonchev–Trinajstić information content (AvgIpc) is 2.43. The van der Waals surface area contributed by atoms with E-state index in [1.165, 1.54) is 24.3 Å². The summed E-state index contributed by atoms with van der Waals surface area (Å²) in [6, 6.07) is 11.4. The van der Waals surface area contributed by atoms with Crippen LogP contribution in [0.5, 0.6) is 0 Å². The summed E-state index contributed by atoms with van der Waals surface area (Å²) in [5, 5.41) is 5.74. The molecule has 5 heteroatoms. The Hall–Kier alpha value is -1.88. The number of aryl methyl sites for hydroxylation is 1. The van der Waals surface area contributed by atoms with Crippen molar-refractivity contribution in [3.05, 3.63) is 58.3 Å². The number of anilines is 2. The molecule has 1 amide bonds.